The molecule has 0 saturated carbocycles. The number of hydrogen-bond donors (Lipinski definition) is 1. The largest absolute Gasteiger partial charge is 0.357 e. The number of aliphatic imine (C=N–C) groups is 1. The highest BCUT2D eigenvalue weighted by Gasteiger charge is 2.07. The lowest BCUT2D eigenvalue weighted by Gasteiger charge is -2.21. The predicted molar refractivity (Wildman–Crippen MR) is 109 cm³/mol. The molecule has 1 N–H and O–H groups in total. The van der Waals surface area contributed by atoms with Crippen LogP contribution in [-0.2, 0) is 19.5 Å². The Morgan fingerprint density at radius 1 is 1.35 bits per heavy atom. The van der Waals surface area contributed by atoms with Crippen LogP contribution in [0.25, 0.3) is 0 Å². The van der Waals surface area contributed by atoms with E-state index >= 15 is 0 Å². The van der Waals surface area contributed by atoms with Gasteiger partial charge in [0.15, 0.2) is 5.96 Å². The zero-order chi connectivity index (χ0) is 18.6. The van der Waals surface area contributed by atoms with Crippen LogP contribution in [-0.4, -0.2) is 40.5 Å². The van der Waals surface area contributed by atoms with Crippen molar-refractivity contribution in [1.29, 1.82) is 0 Å². The van der Waals surface area contributed by atoms with E-state index in [9.17, 15) is 0 Å². The van der Waals surface area contributed by atoms with Gasteiger partial charge < -0.3 is 14.8 Å². The topological polar surface area (TPSA) is 45.5 Å². The van der Waals surface area contributed by atoms with Crippen LogP contribution in [0.3, 0.4) is 0 Å². The van der Waals surface area contributed by atoms with Crippen molar-refractivity contribution in [1.82, 2.24) is 19.8 Å². The molecule has 0 saturated heterocycles. The van der Waals surface area contributed by atoms with Crippen molar-refractivity contribution in [2.45, 2.75) is 39.3 Å². The number of allylic oxidation sites excluding steroid dienone is 1. The van der Waals surface area contributed by atoms with Crippen LogP contribution < -0.4 is 5.32 Å². The number of aromatic nitrogens is 2. The molecular formula is C21H31N5. The summed E-state index contributed by atoms with van der Waals surface area (Å²) in [6.07, 6.45) is 8.95. The molecule has 0 radical (unpaired) electrons. The van der Waals surface area contributed by atoms with E-state index in [-0.39, 0.29) is 0 Å². The predicted octanol–water partition coefficient (Wildman–Crippen LogP) is 3.49. The molecule has 2 aromatic rings. The summed E-state index contributed by atoms with van der Waals surface area (Å²) in [6.45, 7) is 9.18. The SMILES string of the molecule is C=CCCCN(C)C(=NCc1nccn1CCc1ccccc1)NCC. The van der Waals surface area contributed by atoms with Gasteiger partial charge in [-0.1, -0.05) is 36.4 Å². The zero-order valence-corrected chi connectivity index (χ0v) is 16.1. The highest BCUT2D eigenvalue weighted by molar-refractivity contribution is 5.79. The molecule has 0 spiro atoms. The van der Waals surface area contributed by atoms with E-state index in [1.54, 1.807) is 0 Å². The molecule has 1 aromatic heterocycles. The Morgan fingerprint density at radius 2 is 2.15 bits per heavy atom. The quantitative estimate of drug-likeness (QED) is 0.308. The van der Waals surface area contributed by atoms with Crippen molar-refractivity contribution >= 4 is 5.96 Å². The first-order chi connectivity index (χ1) is 12.7. The minimum absolute atomic E-state index is 0.579. The van der Waals surface area contributed by atoms with Crippen LogP contribution in [0, 0.1) is 0 Å². The lowest BCUT2D eigenvalue weighted by molar-refractivity contribution is 0.469. The van der Waals surface area contributed by atoms with Gasteiger partial charge in [0.2, 0.25) is 0 Å². The Bertz CT molecular complexity index is 675. The summed E-state index contributed by atoms with van der Waals surface area (Å²) < 4.78 is 2.19. The average molecular weight is 354 g/mol. The number of aryl methyl sites for hydroxylation is 2. The second-order valence-electron chi connectivity index (χ2n) is 6.30. The minimum atomic E-state index is 0.579. The smallest absolute Gasteiger partial charge is 0.194 e. The molecule has 0 bridgehead atoms. The fraction of sp³-hybridized carbons (Fsp3) is 0.429. The fourth-order valence-electron chi connectivity index (χ4n) is 2.78. The molecule has 1 heterocycles. The van der Waals surface area contributed by atoms with Gasteiger partial charge >= 0.3 is 0 Å². The first-order valence-corrected chi connectivity index (χ1v) is 9.39. The summed E-state index contributed by atoms with van der Waals surface area (Å²) >= 11 is 0. The summed E-state index contributed by atoms with van der Waals surface area (Å²) in [4.78, 5) is 11.4. The van der Waals surface area contributed by atoms with Crippen LogP contribution in [0.1, 0.15) is 31.2 Å². The molecule has 1 aromatic carbocycles. The van der Waals surface area contributed by atoms with Gasteiger partial charge in [-0.3, -0.25) is 0 Å². The minimum Gasteiger partial charge on any atom is -0.357 e. The van der Waals surface area contributed by atoms with Gasteiger partial charge in [-0.15, -0.1) is 6.58 Å². The number of benzene rings is 1. The van der Waals surface area contributed by atoms with Gasteiger partial charge in [-0.05, 0) is 31.7 Å². The first-order valence-electron chi connectivity index (χ1n) is 9.39. The van der Waals surface area contributed by atoms with E-state index in [1.165, 1.54) is 5.56 Å². The zero-order valence-electron chi connectivity index (χ0n) is 16.1. The van der Waals surface area contributed by atoms with E-state index < -0.39 is 0 Å². The Labute approximate surface area is 157 Å². The lowest BCUT2D eigenvalue weighted by atomic mass is 10.1. The Kier molecular flexibility index (Phi) is 8.46. The molecule has 2 rings (SSSR count). The molecule has 5 nitrogen and oxygen atoms in total. The third kappa shape index (κ3) is 6.39. The molecule has 26 heavy (non-hydrogen) atoms. The average Bonchev–Trinajstić information content (AvgIpc) is 3.11. The number of rotatable bonds is 10. The maximum Gasteiger partial charge on any atom is 0.194 e. The number of imidazole rings is 1. The van der Waals surface area contributed by atoms with Crippen molar-refractivity contribution < 1.29 is 0 Å². The standard InChI is InChI=1S/C21H31N5/c1-4-6-10-15-25(3)21(22-5-2)24-18-20-23-14-17-26(20)16-13-19-11-8-7-9-12-19/h4,7-9,11-12,14,17H,1,5-6,10,13,15-16,18H2,2-3H3,(H,22,24). The molecule has 0 amide bonds. The molecule has 0 fully saturated rings. The maximum atomic E-state index is 4.77. The van der Waals surface area contributed by atoms with Gasteiger partial charge in [-0.25, -0.2) is 9.98 Å². The van der Waals surface area contributed by atoms with Crippen LogP contribution in [0.5, 0.6) is 0 Å². The third-order valence-electron chi connectivity index (χ3n) is 4.25. The third-order valence-corrected chi connectivity index (χ3v) is 4.25. The molecule has 0 aliphatic rings. The van der Waals surface area contributed by atoms with Gasteiger partial charge in [0, 0.05) is 39.1 Å². The monoisotopic (exact) mass is 353 g/mol. The van der Waals surface area contributed by atoms with Crippen LogP contribution in [0.2, 0.25) is 0 Å². The lowest BCUT2D eigenvalue weighted by Crippen LogP contribution is -2.39. The van der Waals surface area contributed by atoms with E-state index in [2.05, 4.69) is 70.6 Å². The van der Waals surface area contributed by atoms with Crippen molar-refractivity contribution in [2.24, 2.45) is 4.99 Å². The first kappa shape index (κ1) is 19.8. The van der Waals surface area contributed by atoms with Gasteiger partial charge in [0.05, 0.1) is 0 Å². The molecular weight excluding hydrogens is 322 g/mol. The summed E-state index contributed by atoms with van der Waals surface area (Å²) in [5, 5.41) is 3.36. The molecule has 5 heteroatoms. The van der Waals surface area contributed by atoms with Crippen LogP contribution in [0.4, 0.5) is 0 Å². The number of nitrogens with one attached hydrogen (secondary N) is 1. The Balaban J connectivity index is 1.96. The highest BCUT2D eigenvalue weighted by atomic mass is 15.3. The van der Waals surface area contributed by atoms with Crippen molar-refractivity contribution in [2.75, 3.05) is 20.1 Å². The highest BCUT2D eigenvalue weighted by Crippen LogP contribution is 2.06. The van der Waals surface area contributed by atoms with E-state index in [4.69, 9.17) is 4.99 Å². The van der Waals surface area contributed by atoms with Crippen molar-refractivity contribution in [3.05, 3.63) is 66.8 Å². The normalized spacial score (nSPS) is 11.4. The summed E-state index contributed by atoms with van der Waals surface area (Å²) in [7, 11) is 2.08. The maximum absolute atomic E-state index is 4.77. The van der Waals surface area contributed by atoms with E-state index in [1.807, 2.05) is 18.5 Å². The second kappa shape index (κ2) is 11.1. The van der Waals surface area contributed by atoms with E-state index in [0.717, 1.165) is 50.7 Å². The fourth-order valence-corrected chi connectivity index (χ4v) is 2.78. The van der Waals surface area contributed by atoms with Crippen molar-refractivity contribution in [3.8, 4) is 0 Å². The Morgan fingerprint density at radius 3 is 2.88 bits per heavy atom. The van der Waals surface area contributed by atoms with Gasteiger partial charge in [0.1, 0.15) is 12.4 Å². The number of nitrogens with zero attached hydrogens (tertiary/aromatic N) is 4. The molecule has 140 valence electrons. The second-order valence-corrected chi connectivity index (χ2v) is 6.30. The Hall–Kier alpha value is -2.56. The molecule has 0 atom stereocenters. The summed E-state index contributed by atoms with van der Waals surface area (Å²) in [5.74, 6) is 1.92. The number of guanidine groups is 1. The van der Waals surface area contributed by atoms with Crippen LogP contribution >= 0.6 is 0 Å². The number of unbranched alkanes of at least 4 members (excludes halogenated alkanes) is 1. The van der Waals surface area contributed by atoms with Crippen molar-refractivity contribution in [3.63, 3.8) is 0 Å². The molecule has 0 aliphatic heterocycles. The van der Waals surface area contributed by atoms with Gasteiger partial charge in [-0.2, -0.15) is 0 Å². The molecule has 0 aliphatic carbocycles. The molecule has 0 unspecified atom stereocenters. The van der Waals surface area contributed by atoms with E-state index in [0.29, 0.717) is 6.54 Å². The number of hydrogen-bond acceptors (Lipinski definition) is 2. The van der Waals surface area contributed by atoms with Crippen LogP contribution in [0.15, 0.2) is 60.4 Å². The summed E-state index contributed by atoms with van der Waals surface area (Å²) in [6, 6.07) is 10.5. The van der Waals surface area contributed by atoms with Gasteiger partial charge in [0.25, 0.3) is 0 Å². The summed E-state index contributed by atoms with van der Waals surface area (Å²) in [5.41, 5.74) is 1.34.